The number of ether oxygens (including phenoxy) is 1. The predicted molar refractivity (Wildman–Crippen MR) is 97.9 cm³/mol. The molecule has 132 valence electrons. The SMILES string of the molecule is Cc1cnc(C(=O)N2CC3(C[C@@H](OCc4csc(C)n4)CS3)C2)cn1. The molecule has 2 aromatic rings. The number of hydrogen-bond acceptors (Lipinski definition) is 7. The van der Waals surface area contributed by atoms with Crippen molar-refractivity contribution in [1.82, 2.24) is 19.9 Å². The maximum Gasteiger partial charge on any atom is 0.274 e. The molecule has 2 aliphatic heterocycles. The number of thioether (sulfide) groups is 1. The molecule has 2 aromatic heterocycles. The van der Waals surface area contributed by atoms with Gasteiger partial charge < -0.3 is 9.64 Å². The molecule has 1 spiro atoms. The minimum Gasteiger partial charge on any atom is -0.371 e. The van der Waals surface area contributed by atoms with Gasteiger partial charge in [0, 0.05) is 30.4 Å². The monoisotopic (exact) mass is 376 g/mol. The highest BCUT2D eigenvalue weighted by Gasteiger charge is 2.51. The normalized spacial score (nSPS) is 21.5. The van der Waals surface area contributed by atoms with Gasteiger partial charge in [-0.3, -0.25) is 9.78 Å². The van der Waals surface area contributed by atoms with Gasteiger partial charge in [0.25, 0.3) is 5.91 Å². The predicted octanol–water partition coefficient (Wildman–Crippen LogP) is 2.47. The number of likely N-dealkylation sites (tertiary alicyclic amines) is 1. The highest BCUT2D eigenvalue weighted by Crippen LogP contribution is 2.46. The van der Waals surface area contributed by atoms with Crippen LogP contribution in [0.1, 0.15) is 33.3 Å². The summed E-state index contributed by atoms with van der Waals surface area (Å²) in [6.07, 6.45) is 4.43. The van der Waals surface area contributed by atoms with E-state index in [2.05, 4.69) is 20.3 Å². The van der Waals surface area contributed by atoms with Crippen LogP contribution in [0.15, 0.2) is 17.8 Å². The molecular weight excluding hydrogens is 356 g/mol. The molecule has 0 radical (unpaired) electrons. The minimum absolute atomic E-state index is 0.0268. The van der Waals surface area contributed by atoms with Crippen LogP contribution in [0.4, 0.5) is 0 Å². The molecule has 8 heteroatoms. The number of aromatic nitrogens is 3. The molecule has 2 fully saturated rings. The van der Waals surface area contributed by atoms with Crippen LogP contribution in [0.25, 0.3) is 0 Å². The standard InChI is InChI=1S/C17H20N4O2S2/c1-11-4-19-15(5-18-11)16(22)21-9-17(10-21)3-14(8-25-17)23-6-13-7-24-12(2)20-13/h4-5,7,14H,3,6,8-10H2,1-2H3/t14-/m1/s1. The number of aryl methyl sites for hydroxylation is 2. The van der Waals surface area contributed by atoms with Crippen LogP contribution in [-0.4, -0.2) is 55.5 Å². The molecule has 4 rings (SSSR count). The van der Waals surface area contributed by atoms with Crippen molar-refractivity contribution < 1.29 is 9.53 Å². The molecule has 0 bridgehead atoms. The number of hydrogen-bond donors (Lipinski definition) is 0. The third kappa shape index (κ3) is 3.56. The Bertz CT molecular complexity index is 771. The first-order valence-corrected chi connectivity index (χ1v) is 10.1. The van der Waals surface area contributed by atoms with E-state index in [0.717, 1.165) is 41.7 Å². The van der Waals surface area contributed by atoms with Gasteiger partial charge in [-0.05, 0) is 20.3 Å². The second-order valence-electron chi connectivity index (χ2n) is 6.69. The first-order chi connectivity index (χ1) is 12.0. The van der Waals surface area contributed by atoms with Gasteiger partial charge in [-0.15, -0.1) is 23.1 Å². The first-order valence-electron chi connectivity index (χ1n) is 8.27. The second-order valence-corrected chi connectivity index (χ2v) is 9.24. The van der Waals surface area contributed by atoms with Crippen LogP contribution in [0, 0.1) is 13.8 Å². The molecule has 0 unspecified atom stereocenters. The molecule has 0 saturated carbocycles. The quantitative estimate of drug-likeness (QED) is 0.817. The molecule has 0 aliphatic carbocycles. The minimum atomic E-state index is -0.0268. The molecule has 4 heterocycles. The first kappa shape index (κ1) is 16.9. The van der Waals surface area contributed by atoms with E-state index < -0.39 is 0 Å². The Balaban J connectivity index is 1.28. The van der Waals surface area contributed by atoms with Crippen molar-refractivity contribution in [3.05, 3.63) is 39.9 Å². The zero-order valence-corrected chi connectivity index (χ0v) is 15.9. The van der Waals surface area contributed by atoms with Crippen LogP contribution < -0.4 is 0 Å². The zero-order valence-electron chi connectivity index (χ0n) is 14.3. The highest BCUT2D eigenvalue weighted by atomic mass is 32.2. The molecule has 1 amide bonds. The van der Waals surface area contributed by atoms with Gasteiger partial charge in [0.2, 0.25) is 0 Å². The summed E-state index contributed by atoms with van der Waals surface area (Å²) in [5.74, 6) is 0.955. The Morgan fingerprint density at radius 3 is 2.88 bits per heavy atom. The van der Waals surface area contributed by atoms with E-state index in [1.54, 1.807) is 23.7 Å². The fraction of sp³-hybridized carbons (Fsp3) is 0.529. The van der Waals surface area contributed by atoms with Crippen molar-refractivity contribution >= 4 is 29.0 Å². The van der Waals surface area contributed by atoms with E-state index in [1.165, 1.54) is 0 Å². The molecule has 6 nitrogen and oxygen atoms in total. The lowest BCUT2D eigenvalue weighted by Gasteiger charge is -2.47. The van der Waals surface area contributed by atoms with Crippen molar-refractivity contribution in [2.75, 3.05) is 18.8 Å². The van der Waals surface area contributed by atoms with Crippen LogP contribution in [-0.2, 0) is 11.3 Å². The van der Waals surface area contributed by atoms with Crippen molar-refractivity contribution in [2.24, 2.45) is 0 Å². The van der Waals surface area contributed by atoms with Gasteiger partial charge in [0.15, 0.2) is 0 Å². The van der Waals surface area contributed by atoms with E-state index in [-0.39, 0.29) is 16.8 Å². The summed E-state index contributed by atoms with van der Waals surface area (Å²) < 4.78 is 6.17. The van der Waals surface area contributed by atoms with Crippen LogP contribution in [0.3, 0.4) is 0 Å². The Labute approximate surface area is 155 Å². The van der Waals surface area contributed by atoms with E-state index in [9.17, 15) is 4.79 Å². The van der Waals surface area contributed by atoms with Gasteiger partial charge in [-0.2, -0.15) is 0 Å². The van der Waals surface area contributed by atoms with Crippen LogP contribution in [0.2, 0.25) is 0 Å². The average molecular weight is 377 g/mol. The van der Waals surface area contributed by atoms with E-state index in [1.807, 2.05) is 30.5 Å². The Kier molecular flexibility index (Phi) is 4.51. The summed E-state index contributed by atoms with van der Waals surface area (Å²) in [6, 6.07) is 0. The maximum atomic E-state index is 12.4. The van der Waals surface area contributed by atoms with Crippen molar-refractivity contribution in [3.63, 3.8) is 0 Å². The van der Waals surface area contributed by atoms with E-state index >= 15 is 0 Å². The summed E-state index contributed by atoms with van der Waals surface area (Å²) in [5.41, 5.74) is 2.25. The number of nitrogens with zero attached hydrogens (tertiary/aromatic N) is 4. The molecule has 0 N–H and O–H groups in total. The summed E-state index contributed by atoms with van der Waals surface area (Å²) in [7, 11) is 0. The molecule has 0 aromatic carbocycles. The van der Waals surface area contributed by atoms with Gasteiger partial charge in [-0.1, -0.05) is 0 Å². The molecule has 25 heavy (non-hydrogen) atoms. The van der Waals surface area contributed by atoms with Crippen molar-refractivity contribution in [2.45, 2.75) is 37.7 Å². The Morgan fingerprint density at radius 1 is 1.36 bits per heavy atom. The topological polar surface area (TPSA) is 68.2 Å². The largest absolute Gasteiger partial charge is 0.371 e. The molecule has 1 atom stereocenters. The van der Waals surface area contributed by atoms with Gasteiger partial charge >= 0.3 is 0 Å². The number of amides is 1. The lowest BCUT2D eigenvalue weighted by atomic mass is 9.92. The van der Waals surface area contributed by atoms with Crippen molar-refractivity contribution in [1.29, 1.82) is 0 Å². The third-order valence-corrected chi connectivity index (χ3v) is 6.95. The van der Waals surface area contributed by atoms with Gasteiger partial charge in [0.1, 0.15) is 5.69 Å². The summed E-state index contributed by atoms with van der Waals surface area (Å²) in [5, 5.41) is 3.13. The zero-order chi connectivity index (χ0) is 17.4. The lowest BCUT2D eigenvalue weighted by Crippen LogP contribution is -2.60. The smallest absolute Gasteiger partial charge is 0.274 e. The van der Waals surface area contributed by atoms with Crippen LogP contribution >= 0.6 is 23.1 Å². The number of carbonyl (C=O) groups excluding carboxylic acids is 1. The van der Waals surface area contributed by atoms with Crippen LogP contribution in [0.5, 0.6) is 0 Å². The Hall–Kier alpha value is -1.51. The average Bonchev–Trinajstić information content (AvgIpc) is 3.18. The fourth-order valence-electron chi connectivity index (χ4n) is 3.27. The summed E-state index contributed by atoms with van der Waals surface area (Å²) in [6.45, 7) is 5.98. The van der Waals surface area contributed by atoms with Gasteiger partial charge in [-0.25, -0.2) is 9.97 Å². The number of rotatable bonds is 4. The molecule has 2 saturated heterocycles. The van der Waals surface area contributed by atoms with E-state index in [4.69, 9.17) is 4.74 Å². The number of carbonyl (C=O) groups is 1. The molecular formula is C17H20N4O2S2. The maximum absolute atomic E-state index is 12.4. The highest BCUT2D eigenvalue weighted by molar-refractivity contribution is 8.01. The number of thiazole rings is 1. The Morgan fingerprint density at radius 2 is 2.20 bits per heavy atom. The van der Waals surface area contributed by atoms with Gasteiger partial charge in [0.05, 0.1) is 40.1 Å². The lowest BCUT2D eigenvalue weighted by molar-refractivity contribution is 0.0244. The fourth-order valence-corrected chi connectivity index (χ4v) is 5.41. The van der Waals surface area contributed by atoms with Crippen molar-refractivity contribution in [3.8, 4) is 0 Å². The molecule has 2 aliphatic rings. The van der Waals surface area contributed by atoms with E-state index in [0.29, 0.717) is 12.3 Å². The summed E-state index contributed by atoms with van der Waals surface area (Å²) in [4.78, 5) is 27.1. The summed E-state index contributed by atoms with van der Waals surface area (Å²) >= 11 is 3.58. The second kappa shape index (κ2) is 6.66. The third-order valence-electron chi connectivity index (χ3n) is 4.55.